The van der Waals surface area contributed by atoms with Crippen LogP contribution in [0.5, 0.6) is 22.4 Å². The number of ether oxygens (including phenoxy) is 4. The highest BCUT2D eigenvalue weighted by atomic mass is 32.1. The summed E-state index contributed by atoms with van der Waals surface area (Å²) in [4.78, 5) is 18.9. The van der Waals surface area contributed by atoms with E-state index in [-0.39, 0.29) is 17.8 Å². The summed E-state index contributed by atoms with van der Waals surface area (Å²) in [5.41, 5.74) is 1.49. The number of hydrogen-bond donors (Lipinski definition) is 0. The maximum absolute atomic E-state index is 13.4. The zero-order valence-corrected chi connectivity index (χ0v) is 19.5. The molecule has 0 radical (unpaired) electrons. The van der Waals surface area contributed by atoms with E-state index in [1.165, 1.54) is 23.5 Å². The summed E-state index contributed by atoms with van der Waals surface area (Å²) in [6.07, 6.45) is 4.65. The molecule has 0 unspecified atom stereocenters. The summed E-state index contributed by atoms with van der Waals surface area (Å²) < 4.78 is 36.2. The van der Waals surface area contributed by atoms with Crippen molar-refractivity contribution in [2.45, 2.75) is 18.9 Å². The summed E-state index contributed by atoms with van der Waals surface area (Å²) in [7, 11) is 4.65. The second-order valence-electron chi connectivity index (χ2n) is 7.53. The van der Waals surface area contributed by atoms with Crippen LogP contribution in [0.4, 0.5) is 4.39 Å². The number of aromatic nitrogens is 1. The van der Waals surface area contributed by atoms with E-state index in [9.17, 15) is 9.18 Å². The van der Waals surface area contributed by atoms with Crippen molar-refractivity contribution in [1.82, 2.24) is 9.88 Å². The molecule has 1 aliphatic heterocycles. The Morgan fingerprint density at radius 2 is 1.79 bits per heavy atom. The van der Waals surface area contributed by atoms with Crippen LogP contribution >= 0.6 is 11.3 Å². The molecule has 1 aromatic heterocycles. The number of benzene rings is 2. The molecule has 1 fully saturated rings. The van der Waals surface area contributed by atoms with Crippen molar-refractivity contribution in [2.24, 2.45) is 0 Å². The highest BCUT2D eigenvalue weighted by molar-refractivity contribution is 7.20. The van der Waals surface area contributed by atoms with Crippen LogP contribution in [0.15, 0.2) is 36.4 Å². The first-order valence-corrected chi connectivity index (χ1v) is 11.3. The Morgan fingerprint density at radius 3 is 2.42 bits per heavy atom. The van der Waals surface area contributed by atoms with Crippen LogP contribution in [0, 0.1) is 5.82 Å². The first kappa shape index (κ1) is 22.8. The van der Waals surface area contributed by atoms with Gasteiger partial charge in [0.2, 0.25) is 11.7 Å². The fourth-order valence-electron chi connectivity index (χ4n) is 3.73. The fraction of sp³-hybridized carbons (Fsp3) is 0.333. The monoisotopic (exact) mass is 472 g/mol. The highest BCUT2D eigenvalue weighted by Gasteiger charge is 2.24. The zero-order chi connectivity index (χ0) is 23.4. The molecule has 1 amide bonds. The molecule has 0 bridgehead atoms. The van der Waals surface area contributed by atoms with Gasteiger partial charge in [-0.25, -0.2) is 9.37 Å². The molecule has 3 aromatic rings. The lowest BCUT2D eigenvalue weighted by molar-refractivity contribution is -0.127. The van der Waals surface area contributed by atoms with Crippen molar-refractivity contribution in [3.8, 4) is 22.4 Å². The summed E-state index contributed by atoms with van der Waals surface area (Å²) in [5.74, 6) is 1.20. The molecular formula is C24H25FN2O5S. The first-order valence-electron chi connectivity index (χ1n) is 10.5. The van der Waals surface area contributed by atoms with E-state index >= 15 is 0 Å². The lowest BCUT2D eigenvalue weighted by Crippen LogP contribution is -2.41. The number of rotatable bonds is 7. The highest BCUT2D eigenvalue weighted by Crippen LogP contribution is 2.38. The molecule has 9 heteroatoms. The van der Waals surface area contributed by atoms with Crippen molar-refractivity contribution in [3.63, 3.8) is 0 Å². The van der Waals surface area contributed by atoms with E-state index < -0.39 is 0 Å². The number of amides is 1. The van der Waals surface area contributed by atoms with Crippen molar-refractivity contribution in [2.75, 3.05) is 34.4 Å². The van der Waals surface area contributed by atoms with Crippen LogP contribution in [0.2, 0.25) is 0 Å². The minimum absolute atomic E-state index is 0.0291. The first-order chi connectivity index (χ1) is 16.0. The smallest absolute Gasteiger partial charge is 0.274 e. The molecule has 0 saturated carbocycles. The molecule has 0 N–H and O–H groups in total. The molecule has 7 nitrogen and oxygen atoms in total. The molecule has 33 heavy (non-hydrogen) atoms. The maximum Gasteiger partial charge on any atom is 0.274 e. The lowest BCUT2D eigenvalue weighted by Gasteiger charge is -2.30. The van der Waals surface area contributed by atoms with Crippen LogP contribution in [0.25, 0.3) is 16.3 Å². The van der Waals surface area contributed by atoms with Gasteiger partial charge in [-0.05, 0) is 42.0 Å². The third kappa shape index (κ3) is 5.19. The minimum Gasteiger partial charge on any atom is -0.493 e. The number of likely N-dealkylation sites (tertiary alicyclic amines) is 1. The normalized spacial score (nSPS) is 14.6. The molecule has 2 aromatic carbocycles. The van der Waals surface area contributed by atoms with Gasteiger partial charge in [0, 0.05) is 32.0 Å². The SMILES string of the molecule is COc1cc(/C=C/C(=O)N2CCC(Oc3nc4ccc(F)cc4s3)CC2)cc(OC)c1OC. The third-order valence-electron chi connectivity index (χ3n) is 5.46. The molecule has 0 atom stereocenters. The van der Waals surface area contributed by atoms with E-state index in [0.29, 0.717) is 48.4 Å². The van der Waals surface area contributed by atoms with E-state index in [2.05, 4.69) is 4.98 Å². The Labute approximate surface area is 195 Å². The molecule has 174 valence electrons. The van der Waals surface area contributed by atoms with E-state index in [1.807, 2.05) is 0 Å². The van der Waals surface area contributed by atoms with Crippen molar-refractivity contribution in [1.29, 1.82) is 0 Å². The van der Waals surface area contributed by atoms with Crippen LogP contribution in [-0.4, -0.2) is 56.3 Å². The molecule has 2 heterocycles. The molecule has 1 saturated heterocycles. The third-order valence-corrected chi connectivity index (χ3v) is 6.37. The number of methoxy groups -OCH3 is 3. The molecule has 4 rings (SSSR count). The Morgan fingerprint density at radius 1 is 1.09 bits per heavy atom. The van der Waals surface area contributed by atoms with Crippen molar-refractivity contribution >= 4 is 33.5 Å². The number of hydrogen-bond acceptors (Lipinski definition) is 7. The Hall–Kier alpha value is -3.33. The minimum atomic E-state index is -0.288. The van der Waals surface area contributed by atoms with Crippen LogP contribution in [0.1, 0.15) is 18.4 Å². The predicted octanol–water partition coefficient (Wildman–Crippen LogP) is 4.54. The van der Waals surface area contributed by atoms with Crippen molar-refractivity contribution < 1.29 is 28.1 Å². The number of carbonyl (C=O) groups is 1. The number of fused-ring (bicyclic) bond motifs is 1. The quantitative estimate of drug-likeness (QED) is 0.470. The number of nitrogens with zero attached hydrogens (tertiary/aromatic N) is 2. The van der Waals surface area contributed by atoms with Crippen molar-refractivity contribution in [3.05, 3.63) is 47.8 Å². The average molecular weight is 473 g/mol. The van der Waals surface area contributed by atoms with Gasteiger partial charge in [-0.15, -0.1) is 0 Å². The fourth-order valence-corrected chi connectivity index (χ4v) is 4.64. The molecular weight excluding hydrogens is 447 g/mol. The average Bonchev–Trinajstić information content (AvgIpc) is 3.23. The molecule has 1 aliphatic rings. The van der Waals surface area contributed by atoms with Gasteiger partial charge in [0.1, 0.15) is 11.9 Å². The number of carbonyl (C=O) groups excluding carboxylic acids is 1. The van der Waals surface area contributed by atoms with Gasteiger partial charge < -0.3 is 23.8 Å². The standard InChI is InChI=1S/C24H25FN2O5S/c1-29-19-12-15(13-20(30-2)23(19)31-3)4-7-22(28)27-10-8-17(9-11-27)32-24-26-18-6-5-16(25)14-21(18)33-24/h4-7,12-14,17H,8-11H2,1-3H3/b7-4+. The number of halogens is 1. The topological polar surface area (TPSA) is 70.1 Å². The van der Waals surface area contributed by atoms with Gasteiger partial charge in [0.15, 0.2) is 11.5 Å². The van der Waals surface area contributed by atoms with E-state index in [0.717, 1.165) is 15.8 Å². The predicted molar refractivity (Wildman–Crippen MR) is 125 cm³/mol. The van der Waals surface area contributed by atoms with E-state index in [4.69, 9.17) is 18.9 Å². The van der Waals surface area contributed by atoms with Crippen LogP contribution in [0.3, 0.4) is 0 Å². The van der Waals surface area contributed by atoms with Gasteiger partial charge in [-0.1, -0.05) is 11.3 Å². The summed E-state index contributed by atoms with van der Waals surface area (Å²) in [6.45, 7) is 1.17. The van der Waals surface area contributed by atoms with Gasteiger partial charge in [0.05, 0.1) is 31.5 Å². The molecule has 0 aliphatic carbocycles. The van der Waals surface area contributed by atoms with Gasteiger partial charge in [-0.3, -0.25) is 4.79 Å². The van der Waals surface area contributed by atoms with Crippen LogP contribution in [-0.2, 0) is 4.79 Å². The van der Waals surface area contributed by atoms with E-state index in [1.54, 1.807) is 56.6 Å². The molecule has 0 spiro atoms. The summed E-state index contributed by atoms with van der Waals surface area (Å²) >= 11 is 1.33. The van der Waals surface area contributed by atoms with Gasteiger partial charge in [-0.2, -0.15) is 0 Å². The summed E-state index contributed by atoms with van der Waals surface area (Å²) in [6, 6.07) is 8.07. The lowest BCUT2D eigenvalue weighted by atomic mass is 10.1. The Kier molecular flexibility index (Phi) is 6.98. The number of piperidine rings is 1. The second-order valence-corrected chi connectivity index (χ2v) is 8.52. The van der Waals surface area contributed by atoms with Gasteiger partial charge >= 0.3 is 0 Å². The second kappa shape index (κ2) is 10.1. The zero-order valence-electron chi connectivity index (χ0n) is 18.7. The maximum atomic E-state index is 13.4. The largest absolute Gasteiger partial charge is 0.493 e. The number of thiazole rings is 1. The Balaban J connectivity index is 1.35. The Bertz CT molecular complexity index is 1150. The van der Waals surface area contributed by atoms with Crippen LogP contribution < -0.4 is 18.9 Å². The van der Waals surface area contributed by atoms with Gasteiger partial charge in [0.25, 0.3) is 5.19 Å². The summed E-state index contributed by atoms with van der Waals surface area (Å²) in [5, 5.41) is 0.530.